The van der Waals surface area contributed by atoms with Gasteiger partial charge in [-0.05, 0) is 81.0 Å². The number of aromatic nitrogens is 1. The van der Waals surface area contributed by atoms with Crippen molar-refractivity contribution in [1.82, 2.24) is 4.57 Å². The number of benzene rings is 2. The van der Waals surface area contributed by atoms with Gasteiger partial charge in [-0.15, -0.1) is 0 Å². The Morgan fingerprint density at radius 1 is 1.06 bits per heavy atom. The molecule has 0 atom stereocenters. The van der Waals surface area contributed by atoms with Crippen LogP contribution in [0, 0.1) is 0 Å². The number of nitrogens with zero attached hydrogens (tertiary/aromatic N) is 1. The SMILES string of the molecule is CC(C)(C)OC(=O)c1ccc2c(C3CCCCC3)c3n(c2c1)CC(C(=O)O)=Cc1ccc(Cl)cc1-3. The van der Waals surface area contributed by atoms with Crippen LogP contribution in [-0.2, 0) is 16.1 Å². The van der Waals surface area contributed by atoms with Gasteiger partial charge in [-0.2, -0.15) is 0 Å². The maximum atomic E-state index is 12.9. The molecule has 3 aromatic rings. The third-order valence-electron chi connectivity index (χ3n) is 6.96. The van der Waals surface area contributed by atoms with Gasteiger partial charge in [-0.1, -0.05) is 43.0 Å². The number of ether oxygens (including phenoxy) is 1. The van der Waals surface area contributed by atoms with E-state index in [2.05, 4.69) is 4.57 Å². The predicted molar refractivity (Wildman–Crippen MR) is 139 cm³/mol. The highest BCUT2D eigenvalue weighted by Crippen LogP contribution is 2.47. The lowest BCUT2D eigenvalue weighted by Crippen LogP contribution is -2.23. The van der Waals surface area contributed by atoms with Crippen LogP contribution in [0.25, 0.3) is 28.2 Å². The van der Waals surface area contributed by atoms with E-state index >= 15 is 0 Å². The third kappa shape index (κ3) is 4.50. The van der Waals surface area contributed by atoms with E-state index in [1.165, 1.54) is 24.8 Å². The van der Waals surface area contributed by atoms with Gasteiger partial charge in [-0.3, -0.25) is 0 Å². The number of carboxylic acid groups (broad SMARTS) is 1. The first-order chi connectivity index (χ1) is 16.6. The molecule has 1 saturated carbocycles. The first kappa shape index (κ1) is 23.7. The minimum atomic E-state index is -0.955. The molecular formula is C29H30ClNO4. The van der Waals surface area contributed by atoms with Crippen molar-refractivity contribution in [1.29, 1.82) is 0 Å². The molecule has 0 radical (unpaired) electrons. The number of carbonyl (C=O) groups excluding carboxylic acids is 1. The van der Waals surface area contributed by atoms with Crippen LogP contribution in [0.1, 0.15) is 80.3 Å². The van der Waals surface area contributed by atoms with Crippen LogP contribution in [0.15, 0.2) is 42.0 Å². The largest absolute Gasteiger partial charge is 0.478 e. The van der Waals surface area contributed by atoms with Gasteiger partial charge in [0, 0.05) is 21.5 Å². The molecular weight excluding hydrogens is 462 g/mol. The second kappa shape index (κ2) is 8.87. The summed E-state index contributed by atoms with van der Waals surface area (Å²) in [6, 6.07) is 11.3. The lowest BCUT2D eigenvalue weighted by Gasteiger charge is -2.24. The molecule has 35 heavy (non-hydrogen) atoms. The highest BCUT2D eigenvalue weighted by atomic mass is 35.5. The maximum Gasteiger partial charge on any atom is 0.338 e. The van der Waals surface area contributed by atoms with Gasteiger partial charge >= 0.3 is 11.9 Å². The Hall–Kier alpha value is -3.05. The zero-order valence-electron chi connectivity index (χ0n) is 20.4. The summed E-state index contributed by atoms with van der Waals surface area (Å²) in [7, 11) is 0. The molecule has 182 valence electrons. The van der Waals surface area contributed by atoms with Gasteiger partial charge in [0.1, 0.15) is 5.60 Å². The van der Waals surface area contributed by atoms with E-state index < -0.39 is 11.6 Å². The molecule has 5 nitrogen and oxygen atoms in total. The fourth-order valence-electron chi connectivity index (χ4n) is 5.49. The summed E-state index contributed by atoms with van der Waals surface area (Å²) >= 11 is 6.45. The monoisotopic (exact) mass is 491 g/mol. The van der Waals surface area contributed by atoms with Crippen LogP contribution in [0.2, 0.25) is 5.02 Å². The summed E-state index contributed by atoms with van der Waals surface area (Å²) in [5.74, 6) is -0.976. The zero-order chi connectivity index (χ0) is 24.9. The fraction of sp³-hybridized carbons (Fsp3) is 0.379. The van der Waals surface area contributed by atoms with Crippen molar-refractivity contribution in [3.05, 3.63) is 63.7 Å². The smallest absolute Gasteiger partial charge is 0.338 e. The lowest BCUT2D eigenvalue weighted by molar-refractivity contribution is -0.132. The number of fused-ring (bicyclic) bond motifs is 5. The Kier molecular flexibility index (Phi) is 6.00. The highest BCUT2D eigenvalue weighted by molar-refractivity contribution is 6.31. The van der Waals surface area contributed by atoms with E-state index in [1.54, 1.807) is 12.1 Å². The van der Waals surface area contributed by atoms with Gasteiger partial charge in [0.25, 0.3) is 0 Å². The summed E-state index contributed by atoms with van der Waals surface area (Å²) in [4.78, 5) is 25.1. The Morgan fingerprint density at radius 2 is 1.80 bits per heavy atom. The number of hydrogen-bond donors (Lipinski definition) is 1. The number of rotatable bonds is 3. The number of carboxylic acids is 1. The molecule has 2 aromatic carbocycles. The van der Waals surface area contributed by atoms with Crippen LogP contribution >= 0.6 is 11.6 Å². The Bertz CT molecular complexity index is 1370. The van der Waals surface area contributed by atoms with Crippen molar-refractivity contribution >= 4 is 40.5 Å². The predicted octanol–water partition coefficient (Wildman–Crippen LogP) is 7.45. The van der Waals surface area contributed by atoms with E-state index in [1.807, 2.05) is 51.1 Å². The van der Waals surface area contributed by atoms with E-state index in [4.69, 9.17) is 16.3 Å². The van der Waals surface area contributed by atoms with Gasteiger partial charge in [0.05, 0.1) is 23.4 Å². The highest BCUT2D eigenvalue weighted by Gasteiger charge is 2.30. The molecule has 1 aromatic heterocycles. The Labute approximate surface area is 210 Å². The molecule has 1 fully saturated rings. The summed E-state index contributed by atoms with van der Waals surface area (Å²) in [6.45, 7) is 5.74. The Balaban J connectivity index is 1.80. The van der Waals surface area contributed by atoms with Crippen molar-refractivity contribution in [2.75, 3.05) is 0 Å². The topological polar surface area (TPSA) is 68.5 Å². The second-order valence-electron chi connectivity index (χ2n) is 10.6. The van der Waals surface area contributed by atoms with Crippen molar-refractivity contribution in [2.45, 2.75) is 70.9 Å². The Morgan fingerprint density at radius 3 is 2.49 bits per heavy atom. The number of hydrogen-bond acceptors (Lipinski definition) is 3. The molecule has 0 unspecified atom stereocenters. The van der Waals surface area contributed by atoms with Crippen molar-refractivity contribution < 1.29 is 19.4 Å². The minimum absolute atomic E-state index is 0.206. The molecule has 0 amide bonds. The third-order valence-corrected chi connectivity index (χ3v) is 7.19. The lowest BCUT2D eigenvalue weighted by atomic mass is 9.81. The van der Waals surface area contributed by atoms with Gasteiger partial charge in [0.2, 0.25) is 0 Å². The van der Waals surface area contributed by atoms with Crippen molar-refractivity contribution in [2.24, 2.45) is 0 Å². The van der Waals surface area contributed by atoms with Crippen LogP contribution in [0.4, 0.5) is 0 Å². The fourth-order valence-corrected chi connectivity index (χ4v) is 5.66. The molecule has 2 heterocycles. The van der Waals surface area contributed by atoms with Crippen LogP contribution in [0.5, 0.6) is 0 Å². The number of carbonyl (C=O) groups is 2. The normalized spacial score (nSPS) is 16.3. The summed E-state index contributed by atoms with van der Waals surface area (Å²) in [5, 5.41) is 11.7. The van der Waals surface area contributed by atoms with Gasteiger partial charge in [-0.25, -0.2) is 9.59 Å². The summed E-state index contributed by atoms with van der Waals surface area (Å²) in [5.41, 5.74) is 5.02. The van der Waals surface area contributed by atoms with Gasteiger partial charge in [0.15, 0.2) is 0 Å². The molecule has 0 saturated heterocycles. The first-order valence-electron chi connectivity index (χ1n) is 12.3. The molecule has 5 rings (SSSR count). The number of halogens is 1. The van der Waals surface area contributed by atoms with Gasteiger partial charge < -0.3 is 14.4 Å². The molecule has 0 bridgehead atoms. The average Bonchev–Trinajstić information content (AvgIpc) is 3.02. The van der Waals surface area contributed by atoms with Crippen LogP contribution < -0.4 is 0 Å². The quantitative estimate of drug-likeness (QED) is 0.386. The second-order valence-corrected chi connectivity index (χ2v) is 11.1. The average molecular weight is 492 g/mol. The number of aliphatic carboxylic acids is 1. The first-order valence-corrected chi connectivity index (χ1v) is 12.6. The van der Waals surface area contributed by atoms with E-state index in [0.29, 0.717) is 22.1 Å². The minimum Gasteiger partial charge on any atom is -0.478 e. The molecule has 1 aliphatic heterocycles. The molecule has 1 N–H and O–H groups in total. The number of esters is 1. The standard InChI is InChI=1S/C29H30ClNO4/c1-29(2,3)35-28(34)19-10-12-22-24(14-19)31-16-20(27(32)33)13-18-9-11-21(30)15-23(18)26(31)25(22)17-7-5-4-6-8-17/h9-15,17H,4-8,16H2,1-3H3,(H,32,33). The maximum absolute atomic E-state index is 12.9. The van der Waals surface area contributed by atoms with Crippen molar-refractivity contribution in [3.63, 3.8) is 0 Å². The van der Waals surface area contributed by atoms with Crippen LogP contribution in [0.3, 0.4) is 0 Å². The summed E-state index contributed by atoms with van der Waals surface area (Å²) in [6.07, 6.45) is 7.52. The molecule has 2 aliphatic rings. The molecule has 1 aliphatic carbocycles. The molecule has 6 heteroatoms. The van der Waals surface area contributed by atoms with Crippen molar-refractivity contribution in [3.8, 4) is 11.3 Å². The summed E-state index contributed by atoms with van der Waals surface area (Å²) < 4.78 is 7.69. The zero-order valence-corrected chi connectivity index (χ0v) is 21.1. The van der Waals surface area contributed by atoms with Crippen LogP contribution in [-0.4, -0.2) is 27.2 Å². The van der Waals surface area contributed by atoms with E-state index in [0.717, 1.165) is 40.6 Å². The van der Waals surface area contributed by atoms with E-state index in [9.17, 15) is 14.7 Å². The van der Waals surface area contributed by atoms with E-state index in [-0.39, 0.29) is 12.5 Å². The molecule has 0 spiro atoms.